The van der Waals surface area contributed by atoms with Gasteiger partial charge in [-0.05, 0) is 52.0 Å². The van der Waals surface area contributed by atoms with Crippen LogP contribution in [-0.4, -0.2) is 49.1 Å². The zero-order valence-corrected chi connectivity index (χ0v) is 14.7. The van der Waals surface area contributed by atoms with Crippen LogP contribution in [-0.2, 0) is 14.3 Å². The number of nitrogens with one attached hydrogen (secondary N) is 1. The van der Waals surface area contributed by atoms with Crippen LogP contribution in [0, 0.1) is 11.8 Å². The van der Waals surface area contributed by atoms with Gasteiger partial charge in [-0.2, -0.15) is 0 Å². The number of esters is 1. The lowest BCUT2D eigenvalue weighted by atomic mass is 9.89. The van der Waals surface area contributed by atoms with Gasteiger partial charge in [-0.3, -0.25) is 14.5 Å². The van der Waals surface area contributed by atoms with Gasteiger partial charge in [-0.1, -0.05) is 19.3 Å². The van der Waals surface area contributed by atoms with E-state index in [0.717, 1.165) is 25.9 Å². The number of piperidine rings is 1. The van der Waals surface area contributed by atoms with Crippen LogP contribution in [0.1, 0.15) is 58.8 Å². The Labute approximate surface area is 140 Å². The fourth-order valence-corrected chi connectivity index (χ4v) is 3.76. The molecule has 1 saturated heterocycles. The Hall–Kier alpha value is -1.10. The first-order chi connectivity index (χ1) is 11.1. The summed E-state index contributed by atoms with van der Waals surface area (Å²) in [5.74, 6) is 0.540. The van der Waals surface area contributed by atoms with Crippen molar-refractivity contribution in [3.05, 3.63) is 0 Å². The van der Waals surface area contributed by atoms with Crippen molar-refractivity contribution in [2.75, 3.05) is 26.2 Å². The fraction of sp³-hybridized carbons (Fsp3) is 0.889. The molecule has 1 amide bonds. The largest absolute Gasteiger partial charge is 0.466 e. The number of rotatable bonds is 6. The van der Waals surface area contributed by atoms with Crippen LogP contribution in [0.3, 0.4) is 0 Å². The summed E-state index contributed by atoms with van der Waals surface area (Å²) in [6.07, 6.45) is 8.22. The molecule has 2 rings (SSSR count). The van der Waals surface area contributed by atoms with E-state index in [1.807, 2.05) is 13.8 Å². The molecule has 1 N–H and O–H groups in total. The van der Waals surface area contributed by atoms with Crippen LogP contribution in [0.5, 0.6) is 0 Å². The average molecular weight is 324 g/mol. The summed E-state index contributed by atoms with van der Waals surface area (Å²) in [7, 11) is 0. The first-order valence-electron chi connectivity index (χ1n) is 9.30. The number of carbonyl (C=O) groups is 2. The first-order valence-corrected chi connectivity index (χ1v) is 9.30. The highest BCUT2D eigenvalue weighted by Crippen LogP contribution is 2.23. The highest BCUT2D eigenvalue weighted by Gasteiger charge is 2.31. The minimum absolute atomic E-state index is 0.0858. The molecule has 1 aliphatic carbocycles. The van der Waals surface area contributed by atoms with Crippen LogP contribution in [0.2, 0.25) is 0 Å². The third-order valence-electron chi connectivity index (χ3n) is 5.29. The summed E-state index contributed by atoms with van der Waals surface area (Å²) in [5, 5.41) is 3.12. The molecule has 2 aliphatic rings. The lowest BCUT2D eigenvalue weighted by Crippen LogP contribution is -2.51. The highest BCUT2D eigenvalue weighted by molar-refractivity contribution is 5.81. The van der Waals surface area contributed by atoms with E-state index < -0.39 is 0 Å². The molecule has 1 saturated carbocycles. The van der Waals surface area contributed by atoms with Crippen molar-refractivity contribution in [1.82, 2.24) is 10.2 Å². The molecule has 0 bridgehead atoms. The maximum atomic E-state index is 12.4. The van der Waals surface area contributed by atoms with Crippen molar-refractivity contribution in [1.29, 1.82) is 0 Å². The van der Waals surface area contributed by atoms with Gasteiger partial charge in [-0.15, -0.1) is 0 Å². The molecule has 1 heterocycles. The van der Waals surface area contributed by atoms with Crippen molar-refractivity contribution >= 4 is 11.9 Å². The SMILES string of the molecule is CCOC(=O)C1CCCN(C(C)C(=O)NCC2CCCCC2)C1. The Balaban J connectivity index is 1.77. The van der Waals surface area contributed by atoms with Gasteiger partial charge >= 0.3 is 5.97 Å². The van der Waals surface area contributed by atoms with Gasteiger partial charge in [0.2, 0.25) is 5.91 Å². The molecule has 2 atom stereocenters. The number of likely N-dealkylation sites (tertiary alicyclic amines) is 1. The summed E-state index contributed by atoms with van der Waals surface area (Å²) >= 11 is 0. The molecular formula is C18H32N2O3. The van der Waals surface area contributed by atoms with Crippen LogP contribution >= 0.6 is 0 Å². The number of hydrogen-bond acceptors (Lipinski definition) is 4. The Morgan fingerprint density at radius 3 is 2.61 bits per heavy atom. The highest BCUT2D eigenvalue weighted by atomic mass is 16.5. The molecule has 1 aliphatic heterocycles. The number of hydrogen-bond donors (Lipinski definition) is 1. The Morgan fingerprint density at radius 1 is 1.17 bits per heavy atom. The van der Waals surface area contributed by atoms with E-state index in [2.05, 4.69) is 10.2 Å². The van der Waals surface area contributed by atoms with E-state index in [1.54, 1.807) is 0 Å². The maximum Gasteiger partial charge on any atom is 0.310 e. The molecule has 0 aromatic carbocycles. The van der Waals surface area contributed by atoms with Crippen LogP contribution < -0.4 is 5.32 Å². The molecule has 5 nitrogen and oxygen atoms in total. The monoisotopic (exact) mass is 324 g/mol. The quantitative estimate of drug-likeness (QED) is 0.762. The van der Waals surface area contributed by atoms with E-state index in [0.29, 0.717) is 19.1 Å². The van der Waals surface area contributed by atoms with Gasteiger partial charge < -0.3 is 10.1 Å². The Bertz CT molecular complexity index is 394. The summed E-state index contributed by atoms with van der Waals surface area (Å²) in [6.45, 7) is 6.53. The molecule has 0 radical (unpaired) electrons. The number of amides is 1. The van der Waals surface area contributed by atoms with E-state index >= 15 is 0 Å². The molecule has 2 unspecified atom stereocenters. The zero-order chi connectivity index (χ0) is 16.7. The molecule has 5 heteroatoms. The molecule has 2 fully saturated rings. The summed E-state index contributed by atoms with van der Waals surface area (Å²) in [6, 6.07) is -0.171. The zero-order valence-electron chi connectivity index (χ0n) is 14.7. The second-order valence-corrected chi connectivity index (χ2v) is 7.01. The maximum absolute atomic E-state index is 12.4. The first kappa shape index (κ1) is 18.2. The smallest absolute Gasteiger partial charge is 0.310 e. The Morgan fingerprint density at radius 2 is 1.91 bits per heavy atom. The molecule has 23 heavy (non-hydrogen) atoms. The molecule has 0 aromatic heterocycles. The van der Waals surface area contributed by atoms with Crippen LogP contribution in [0.25, 0.3) is 0 Å². The average Bonchev–Trinajstić information content (AvgIpc) is 2.60. The van der Waals surface area contributed by atoms with Gasteiger partial charge in [0.1, 0.15) is 0 Å². The third kappa shape index (κ3) is 5.48. The lowest BCUT2D eigenvalue weighted by Gasteiger charge is -2.35. The standard InChI is InChI=1S/C18H32N2O3/c1-3-23-18(22)16-10-7-11-20(13-16)14(2)17(21)19-12-15-8-5-4-6-9-15/h14-16H,3-13H2,1-2H3,(H,19,21). The predicted molar refractivity (Wildman–Crippen MR) is 90.0 cm³/mol. The lowest BCUT2D eigenvalue weighted by molar-refractivity contribution is -0.151. The van der Waals surface area contributed by atoms with Gasteiger partial charge in [-0.25, -0.2) is 0 Å². The van der Waals surface area contributed by atoms with E-state index in [1.165, 1.54) is 32.1 Å². The van der Waals surface area contributed by atoms with Crippen molar-refractivity contribution < 1.29 is 14.3 Å². The van der Waals surface area contributed by atoms with Gasteiger partial charge in [0.05, 0.1) is 18.6 Å². The van der Waals surface area contributed by atoms with Crippen molar-refractivity contribution in [3.63, 3.8) is 0 Å². The van der Waals surface area contributed by atoms with Gasteiger partial charge in [0.15, 0.2) is 0 Å². The summed E-state index contributed by atoms with van der Waals surface area (Å²) < 4.78 is 5.13. The summed E-state index contributed by atoms with van der Waals surface area (Å²) in [4.78, 5) is 26.5. The topological polar surface area (TPSA) is 58.6 Å². The normalized spacial score (nSPS) is 24.9. The van der Waals surface area contributed by atoms with Gasteiger partial charge in [0, 0.05) is 13.1 Å². The molecule has 0 aromatic rings. The van der Waals surface area contributed by atoms with E-state index in [9.17, 15) is 9.59 Å². The number of carbonyl (C=O) groups excluding carboxylic acids is 2. The minimum Gasteiger partial charge on any atom is -0.466 e. The predicted octanol–water partition coefficient (Wildman–Crippen LogP) is 2.35. The van der Waals surface area contributed by atoms with E-state index in [4.69, 9.17) is 4.74 Å². The Kier molecular flexibility index (Phi) is 7.34. The molecule has 132 valence electrons. The van der Waals surface area contributed by atoms with Crippen molar-refractivity contribution in [3.8, 4) is 0 Å². The molecular weight excluding hydrogens is 292 g/mol. The van der Waals surface area contributed by atoms with Crippen molar-refractivity contribution in [2.45, 2.75) is 64.8 Å². The summed E-state index contributed by atoms with van der Waals surface area (Å²) in [5.41, 5.74) is 0. The fourth-order valence-electron chi connectivity index (χ4n) is 3.76. The van der Waals surface area contributed by atoms with E-state index in [-0.39, 0.29) is 23.8 Å². The third-order valence-corrected chi connectivity index (χ3v) is 5.29. The number of nitrogens with zero attached hydrogens (tertiary/aromatic N) is 1. The van der Waals surface area contributed by atoms with Crippen LogP contribution in [0.15, 0.2) is 0 Å². The van der Waals surface area contributed by atoms with Crippen molar-refractivity contribution in [2.24, 2.45) is 11.8 Å². The van der Waals surface area contributed by atoms with Gasteiger partial charge in [0.25, 0.3) is 0 Å². The number of ether oxygens (including phenoxy) is 1. The second-order valence-electron chi connectivity index (χ2n) is 7.01. The minimum atomic E-state index is -0.171. The molecule has 0 spiro atoms. The second kappa shape index (κ2) is 9.26. The van der Waals surface area contributed by atoms with Crippen LogP contribution in [0.4, 0.5) is 0 Å².